The topological polar surface area (TPSA) is 88.1 Å². The van der Waals surface area contributed by atoms with Gasteiger partial charge in [-0.05, 0) is 64.8 Å². The van der Waals surface area contributed by atoms with Crippen LogP contribution in [0.15, 0.2) is 66.7 Å². The first-order valence-electron chi connectivity index (χ1n) is 11.4. The average Bonchev–Trinajstić information content (AvgIpc) is 3.23. The van der Waals surface area contributed by atoms with Crippen LogP contribution in [0.2, 0.25) is 0 Å². The van der Waals surface area contributed by atoms with Gasteiger partial charge in [-0.1, -0.05) is 48.9 Å². The number of carbonyl (C=O) groups is 1. The van der Waals surface area contributed by atoms with E-state index in [9.17, 15) is 9.18 Å². The second kappa shape index (κ2) is 9.54. The Labute approximate surface area is 201 Å². The number of nitrogens with zero attached hydrogens (tertiary/aromatic N) is 2. The zero-order valence-corrected chi connectivity index (χ0v) is 19.2. The second-order valence-corrected chi connectivity index (χ2v) is 8.51. The first kappa shape index (κ1) is 22.5. The third-order valence-electron chi connectivity index (χ3n) is 6.41. The lowest BCUT2D eigenvalue weighted by atomic mass is 9.74. The molecule has 7 heteroatoms. The van der Waals surface area contributed by atoms with Gasteiger partial charge in [-0.2, -0.15) is 9.49 Å². The number of aromatic nitrogens is 3. The summed E-state index contributed by atoms with van der Waals surface area (Å²) in [5.74, 6) is -0.712. The molecule has 2 aromatic carbocycles. The summed E-state index contributed by atoms with van der Waals surface area (Å²) in [7, 11) is 1.59. The van der Waals surface area contributed by atoms with Gasteiger partial charge >= 0.3 is 5.97 Å². The van der Waals surface area contributed by atoms with E-state index in [0.717, 1.165) is 58.9 Å². The van der Waals surface area contributed by atoms with Crippen molar-refractivity contribution < 1.29 is 19.0 Å². The molecule has 1 aliphatic carbocycles. The molecule has 0 radical (unpaired) electrons. The molecule has 0 atom stereocenters. The molecular weight excluding hydrogens is 445 g/mol. The van der Waals surface area contributed by atoms with Crippen LogP contribution in [0.1, 0.15) is 41.6 Å². The number of aromatic amines is 1. The van der Waals surface area contributed by atoms with Crippen LogP contribution in [0.25, 0.3) is 28.1 Å². The molecule has 6 nitrogen and oxygen atoms in total. The number of halogens is 1. The predicted molar refractivity (Wildman–Crippen MR) is 133 cm³/mol. The molecule has 2 heterocycles. The minimum atomic E-state index is -1.01. The summed E-state index contributed by atoms with van der Waals surface area (Å²) in [6.45, 7) is 0. The van der Waals surface area contributed by atoms with Crippen LogP contribution in [0, 0.1) is 11.9 Å². The molecular formula is C28H24FN3O3. The van der Waals surface area contributed by atoms with Crippen molar-refractivity contribution in [1.82, 2.24) is 15.2 Å². The maximum absolute atomic E-state index is 15.0. The van der Waals surface area contributed by atoms with Crippen LogP contribution in [-0.2, 0) is 4.79 Å². The van der Waals surface area contributed by atoms with E-state index in [1.54, 1.807) is 19.3 Å². The van der Waals surface area contributed by atoms with E-state index < -0.39 is 11.9 Å². The molecule has 0 aliphatic heterocycles. The van der Waals surface area contributed by atoms with Crippen molar-refractivity contribution in [3.8, 4) is 5.88 Å². The third kappa shape index (κ3) is 4.45. The number of hydrogen-bond acceptors (Lipinski definition) is 4. The smallest absolute Gasteiger partial charge is 0.328 e. The van der Waals surface area contributed by atoms with Crippen molar-refractivity contribution in [3.05, 3.63) is 95.1 Å². The van der Waals surface area contributed by atoms with Gasteiger partial charge in [0, 0.05) is 12.1 Å². The third-order valence-corrected chi connectivity index (χ3v) is 6.41. The van der Waals surface area contributed by atoms with Gasteiger partial charge in [0.1, 0.15) is 0 Å². The quantitative estimate of drug-likeness (QED) is 0.326. The Morgan fingerprint density at radius 1 is 1.11 bits per heavy atom. The lowest BCUT2D eigenvalue weighted by Gasteiger charge is -2.31. The highest BCUT2D eigenvalue weighted by atomic mass is 19.1. The summed E-state index contributed by atoms with van der Waals surface area (Å²) in [5, 5.41) is 16.0. The summed E-state index contributed by atoms with van der Waals surface area (Å²) in [6, 6.07) is 18.8. The van der Waals surface area contributed by atoms with Gasteiger partial charge in [-0.15, -0.1) is 0 Å². The van der Waals surface area contributed by atoms with Crippen molar-refractivity contribution >= 4 is 34.1 Å². The highest BCUT2D eigenvalue weighted by molar-refractivity contribution is 6.06. The number of carboxylic acid groups (broad SMARTS) is 1. The van der Waals surface area contributed by atoms with E-state index in [1.165, 1.54) is 0 Å². The van der Waals surface area contributed by atoms with E-state index in [1.807, 2.05) is 54.6 Å². The van der Waals surface area contributed by atoms with Gasteiger partial charge in [0.25, 0.3) is 0 Å². The standard InChI is InChI=1S/C28H24FN3O3/c1-35-23-10-4-8-21(30-23)26(18-5-2-6-18)25(19-14-11-17(12-15-19)13-16-24(33)34)20-7-3-9-22-27(20)28(29)32-31-22/h3-4,7-16,18H,2,5-6H2,1H3,(H,31,32)(H,33,34)/b16-13+,26-25+. The molecule has 176 valence electrons. The number of rotatable bonds is 7. The number of nitrogens with one attached hydrogen (secondary N) is 1. The average molecular weight is 470 g/mol. The van der Waals surface area contributed by atoms with Crippen molar-refractivity contribution in [3.63, 3.8) is 0 Å². The first-order valence-corrected chi connectivity index (χ1v) is 11.4. The number of hydrogen-bond donors (Lipinski definition) is 2. The number of ether oxygens (including phenoxy) is 1. The summed E-state index contributed by atoms with van der Waals surface area (Å²) in [6.07, 6.45) is 5.80. The van der Waals surface area contributed by atoms with Crippen LogP contribution >= 0.6 is 0 Å². The molecule has 0 saturated heterocycles. The summed E-state index contributed by atoms with van der Waals surface area (Å²) >= 11 is 0. The fourth-order valence-electron chi connectivity index (χ4n) is 4.54. The van der Waals surface area contributed by atoms with E-state index in [-0.39, 0.29) is 5.92 Å². The summed E-state index contributed by atoms with van der Waals surface area (Å²) in [4.78, 5) is 15.7. The molecule has 5 rings (SSSR count). The highest BCUT2D eigenvalue weighted by Gasteiger charge is 2.29. The Kier molecular flexibility index (Phi) is 6.14. The van der Waals surface area contributed by atoms with E-state index in [2.05, 4.69) is 10.2 Å². The molecule has 0 bridgehead atoms. The number of pyridine rings is 1. The fraction of sp³-hybridized carbons (Fsp3) is 0.179. The molecule has 0 spiro atoms. The second-order valence-electron chi connectivity index (χ2n) is 8.51. The van der Waals surface area contributed by atoms with Crippen LogP contribution < -0.4 is 4.74 Å². The van der Waals surface area contributed by atoms with E-state index in [4.69, 9.17) is 14.8 Å². The van der Waals surface area contributed by atoms with Gasteiger partial charge in [-0.3, -0.25) is 5.10 Å². The molecule has 0 amide bonds. The Hall–Kier alpha value is -4.26. The summed E-state index contributed by atoms with van der Waals surface area (Å²) < 4.78 is 20.4. The molecule has 4 aromatic rings. The van der Waals surface area contributed by atoms with Crippen LogP contribution in [0.5, 0.6) is 5.88 Å². The molecule has 1 fully saturated rings. The lowest BCUT2D eigenvalue weighted by Crippen LogP contribution is -2.16. The van der Waals surface area contributed by atoms with Gasteiger partial charge in [0.15, 0.2) is 0 Å². The predicted octanol–water partition coefficient (Wildman–Crippen LogP) is 5.96. The van der Waals surface area contributed by atoms with Crippen LogP contribution in [0.4, 0.5) is 4.39 Å². The van der Waals surface area contributed by atoms with Gasteiger partial charge < -0.3 is 9.84 Å². The molecule has 1 saturated carbocycles. The normalized spacial score (nSPS) is 14.7. The molecule has 35 heavy (non-hydrogen) atoms. The van der Waals surface area contributed by atoms with Crippen LogP contribution in [-0.4, -0.2) is 33.4 Å². The van der Waals surface area contributed by atoms with Gasteiger partial charge in [-0.25, -0.2) is 9.78 Å². The van der Waals surface area contributed by atoms with Gasteiger partial charge in [0.05, 0.1) is 23.7 Å². The zero-order chi connectivity index (χ0) is 24.4. The minimum Gasteiger partial charge on any atom is -0.481 e. The zero-order valence-electron chi connectivity index (χ0n) is 19.2. The Balaban J connectivity index is 1.79. The Bertz CT molecular complexity index is 1450. The maximum atomic E-state index is 15.0. The van der Waals surface area contributed by atoms with Crippen molar-refractivity contribution in [2.45, 2.75) is 19.3 Å². The lowest BCUT2D eigenvalue weighted by molar-refractivity contribution is -0.131. The number of carboxylic acids is 1. The largest absolute Gasteiger partial charge is 0.481 e. The first-order chi connectivity index (χ1) is 17.0. The monoisotopic (exact) mass is 469 g/mol. The maximum Gasteiger partial charge on any atom is 0.328 e. The number of benzene rings is 2. The molecule has 0 unspecified atom stereocenters. The molecule has 2 aromatic heterocycles. The highest BCUT2D eigenvalue weighted by Crippen LogP contribution is 2.46. The van der Waals surface area contributed by atoms with Crippen molar-refractivity contribution in [1.29, 1.82) is 0 Å². The number of H-pyrrole nitrogens is 1. The van der Waals surface area contributed by atoms with Crippen LogP contribution in [0.3, 0.4) is 0 Å². The minimum absolute atomic E-state index is 0.265. The number of aliphatic carboxylic acids is 1. The van der Waals surface area contributed by atoms with E-state index >= 15 is 0 Å². The fourth-order valence-corrected chi connectivity index (χ4v) is 4.54. The number of fused-ring (bicyclic) bond motifs is 1. The molecule has 2 N–H and O–H groups in total. The van der Waals surface area contributed by atoms with E-state index in [0.29, 0.717) is 16.8 Å². The number of allylic oxidation sites excluding steroid dienone is 1. The van der Waals surface area contributed by atoms with Gasteiger partial charge in [0.2, 0.25) is 11.8 Å². The summed E-state index contributed by atoms with van der Waals surface area (Å²) in [5.41, 5.74) is 5.64. The van der Waals surface area contributed by atoms with Crippen molar-refractivity contribution in [2.75, 3.05) is 7.11 Å². The van der Waals surface area contributed by atoms with Crippen molar-refractivity contribution in [2.24, 2.45) is 5.92 Å². The SMILES string of the molecule is COc1cccc(/C(=C(\c2ccc(/C=C/C(=O)O)cc2)c2cccc3n[nH]c(F)c23)C2CCC2)n1. The Morgan fingerprint density at radius 2 is 1.89 bits per heavy atom. The molecule has 1 aliphatic rings. The number of methoxy groups -OCH3 is 1. The Morgan fingerprint density at radius 3 is 2.57 bits per heavy atom.